The van der Waals surface area contributed by atoms with Gasteiger partial charge in [0.1, 0.15) is 5.82 Å². The van der Waals surface area contributed by atoms with E-state index >= 15 is 0 Å². The minimum absolute atomic E-state index is 0.171. The van der Waals surface area contributed by atoms with Gasteiger partial charge in [0.25, 0.3) is 0 Å². The summed E-state index contributed by atoms with van der Waals surface area (Å²) in [5, 5.41) is 0.549. The van der Waals surface area contributed by atoms with Gasteiger partial charge < -0.3 is 5.73 Å². The Kier molecular flexibility index (Phi) is 4.55. The molecule has 3 heteroatoms. The van der Waals surface area contributed by atoms with Crippen molar-refractivity contribution in [3.05, 3.63) is 34.6 Å². The molecule has 2 N–H and O–H groups in total. The lowest BCUT2D eigenvalue weighted by atomic mass is 9.98. The van der Waals surface area contributed by atoms with E-state index in [-0.39, 0.29) is 11.9 Å². The fraction of sp³-hybridized carbons (Fsp3) is 0.500. The second kappa shape index (κ2) is 5.47. The highest BCUT2D eigenvalue weighted by Gasteiger charge is 2.11. The molecule has 0 aliphatic rings. The van der Waals surface area contributed by atoms with Crippen LogP contribution in [0.3, 0.4) is 0 Å². The maximum atomic E-state index is 13.0. The first kappa shape index (κ1) is 12.5. The minimum atomic E-state index is -0.283. The summed E-state index contributed by atoms with van der Waals surface area (Å²) in [5.41, 5.74) is 6.67. The molecule has 0 saturated heterocycles. The topological polar surface area (TPSA) is 26.0 Å². The third kappa shape index (κ3) is 3.80. The van der Waals surface area contributed by atoms with Crippen LogP contribution in [-0.4, -0.2) is 0 Å². The molecule has 0 bridgehead atoms. The van der Waals surface area contributed by atoms with E-state index in [1.165, 1.54) is 12.1 Å². The molecule has 0 unspecified atom stereocenters. The minimum Gasteiger partial charge on any atom is -0.324 e. The normalized spacial score (nSPS) is 13.2. The molecule has 1 rings (SSSR count). The van der Waals surface area contributed by atoms with Gasteiger partial charge in [-0.15, -0.1) is 0 Å². The van der Waals surface area contributed by atoms with Gasteiger partial charge in [-0.1, -0.05) is 25.4 Å². The van der Waals surface area contributed by atoms with E-state index in [4.69, 9.17) is 17.3 Å². The van der Waals surface area contributed by atoms with Gasteiger partial charge in [0.2, 0.25) is 0 Å². The van der Waals surface area contributed by atoms with Gasteiger partial charge in [0.05, 0.1) is 0 Å². The van der Waals surface area contributed by atoms with Gasteiger partial charge in [0, 0.05) is 11.1 Å². The summed E-state index contributed by atoms with van der Waals surface area (Å²) >= 11 is 5.96. The molecule has 0 spiro atoms. The summed E-state index contributed by atoms with van der Waals surface area (Å²) in [4.78, 5) is 0. The molecule has 15 heavy (non-hydrogen) atoms. The van der Waals surface area contributed by atoms with Crippen LogP contribution in [0.5, 0.6) is 0 Å². The molecular weight excluding hydrogens is 213 g/mol. The number of nitrogens with two attached hydrogens (primary N) is 1. The Labute approximate surface area is 95.4 Å². The van der Waals surface area contributed by atoms with Crippen LogP contribution in [-0.2, 0) is 0 Å². The molecule has 0 heterocycles. The van der Waals surface area contributed by atoms with Crippen LogP contribution in [0.2, 0.25) is 5.02 Å². The molecule has 0 aliphatic heterocycles. The first-order chi connectivity index (χ1) is 7.00. The molecule has 1 aromatic carbocycles. The smallest absolute Gasteiger partial charge is 0.123 e. The van der Waals surface area contributed by atoms with Gasteiger partial charge in [0.15, 0.2) is 0 Å². The van der Waals surface area contributed by atoms with Crippen molar-refractivity contribution in [1.82, 2.24) is 0 Å². The lowest BCUT2D eigenvalue weighted by Crippen LogP contribution is -2.12. The number of halogens is 2. The first-order valence-electron chi connectivity index (χ1n) is 5.21. The van der Waals surface area contributed by atoms with Gasteiger partial charge in [-0.2, -0.15) is 0 Å². The van der Waals surface area contributed by atoms with Gasteiger partial charge in [-0.05, 0) is 42.5 Å². The molecular formula is C12H17ClFN. The van der Waals surface area contributed by atoms with Gasteiger partial charge >= 0.3 is 0 Å². The number of rotatable bonds is 4. The fourth-order valence-corrected chi connectivity index (χ4v) is 1.72. The molecule has 1 atom stereocenters. The average molecular weight is 230 g/mol. The standard InChI is InChI=1S/C12H17ClFN/c1-8(2)3-6-12(15)10-7-9(14)4-5-11(10)13/h4-5,7-8,12H,3,6,15H2,1-2H3/t12-/m0/s1. The molecule has 0 aromatic heterocycles. The summed E-state index contributed by atoms with van der Waals surface area (Å²) in [6.07, 6.45) is 1.86. The molecule has 0 radical (unpaired) electrons. The van der Waals surface area contributed by atoms with E-state index in [1.54, 1.807) is 6.07 Å². The van der Waals surface area contributed by atoms with E-state index in [2.05, 4.69) is 13.8 Å². The van der Waals surface area contributed by atoms with Gasteiger partial charge in [-0.25, -0.2) is 4.39 Å². The van der Waals surface area contributed by atoms with Crippen molar-refractivity contribution < 1.29 is 4.39 Å². The van der Waals surface area contributed by atoms with Crippen molar-refractivity contribution in [3.63, 3.8) is 0 Å². The number of benzene rings is 1. The molecule has 0 amide bonds. The van der Waals surface area contributed by atoms with Crippen molar-refractivity contribution >= 4 is 11.6 Å². The number of hydrogen-bond acceptors (Lipinski definition) is 1. The van der Waals surface area contributed by atoms with Crippen molar-refractivity contribution in [2.24, 2.45) is 11.7 Å². The molecule has 1 nitrogen and oxygen atoms in total. The van der Waals surface area contributed by atoms with Crippen molar-refractivity contribution in [2.75, 3.05) is 0 Å². The van der Waals surface area contributed by atoms with Crippen molar-refractivity contribution in [2.45, 2.75) is 32.7 Å². The Bertz CT molecular complexity index is 325. The maximum absolute atomic E-state index is 13.0. The highest BCUT2D eigenvalue weighted by Crippen LogP contribution is 2.26. The third-order valence-electron chi connectivity index (χ3n) is 2.41. The summed E-state index contributed by atoms with van der Waals surface area (Å²) in [6.45, 7) is 4.28. The van der Waals surface area contributed by atoms with Crippen molar-refractivity contribution in [3.8, 4) is 0 Å². The Balaban J connectivity index is 2.72. The summed E-state index contributed by atoms with van der Waals surface area (Å²) in [5.74, 6) is 0.317. The first-order valence-corrected chi connectivity index (χ1v) is 5.59. The van der Waals surface area contributed by atoms with Crippen LogP contribution in [0.4, 0.5) is 4.39 Å². The molecule has 0 saturated carbocycles. The largest absolute Gasteiger partial charge is 0.324 e. The Morgan fingerprint density at radius 2 is 2.00 bits per heavy atom. The van der Waals surface area contributed by atoms with Crippen LogP contribution in [0.1, 0.15) is 38.3 Å². The second-order valence-corrected chi connectivity index (χ2v) is 4.65. The number of hydrogen-bond donors (Lipinski definition) is 1. The predicted octanol–water partition coefficient (Wildman–Crippen LogP) is 3.92. The Hall–Kier alpha value is -0.600. The Morgan fingerprint density at radius 3 is 2.60 bits per heavy atom. The van der Waals surface area contributed by atoms with Crippen LogP contribution >= 0.6 is 11.6 Å². The van der Waals surface area contributed by atoms with E-state index in [0.717, 1.165) is 12.8 Å². The summed E-state index contributed by atoms with van der Waals surface area (Å²) in [6, 6.07) is 4.16. The predicted molar refractivity (Wildman–Crippen MR) is 62.4 cm³/mol. The quantitative estimate of drug-likeness (QED) is 0.832. The zero-order valence-electron chi connectivity index (χ0n) is 9.13. The third-order valence-corrected chi connectivity index (χ3v) is 2.76. The van der Waals surface area contributed by atoms with E-state index in [1.807, 2.05) is 0 Å². The highest BCUT2D eigenvalue weighted by atomic mass is 35.5. The lowest BCUT2D eigenvalue weighted by molar-refractivity contribution is 0.505. The van der Waals surface area contributed by atoms with Crippen LogP contribution in [0.25, 0.3) is 0 Å². The van der Waals surface area contributed by atoms with E-state index < -0.39 is 0 Å². The molecule has 0 fully saturated rings. The van der Waals surface area contributed by atoms with Gasteiger partial charge in [-0.3, -0.25) is 0 Å². The van der Waals surface area contributed by atoms with Crippen LogP contribution in [0, 0.1) is 11.7 Å². The van der Waals surface area contributed by atoms with E-state index in [0.29, 0.717) is 16.5 Å². The summed E-state index contributed by atoms with van der Waals surface area (Å²) in [7, 11) is 0. The monoisotopic (exact) mass is 229 g/mol. The van der Waals surface area contributed by atoms with Crippen LogP contribution < -0.4 is 5.73 Å². The molecule has 1 aromatic rings. The average Bonchev–Trinajstić information content (AvgIpc) is 2.18. The van der Waals surface area contributed by atoms with Crippen LogP contribution in [0.15, 0.2) is 18.2 Å². The fourth-order valence-electron chi connectivity index (χ4n) is 1.47. The Morgan fingerprint density at radius 1 is 1.33 bits per heavy atom. The zero-order valence-corrected chi connectivity index (χ0v) is 9.89. The zero-order chi connectivity index (χ0) is 11.4. The molecule has 84 valence electrons. The second-order valence-electron chi connectivity index (χ2n) is 4.24. The maximum Gasteiger partial charge on any atom is 0.123 e. The lowest BCUT2D eigenvalue weighted by Gasteiger charge is -2.14. The van der Waals surface area contributed by atoms with Crippen molar-refractivity contribution in [1.29, 1.82) is 0 Å². The SMILES string of the molecule is CC(C)CC[C@H](N)c1cc(F)ccc1Cl. The summed E-state index contributed by atoms with van der Waals surface area (Å²) < 4.78 is 13.0. The molecule has 0 aliphatic carbocycles. The highest BCUT2D eigenvalue weighted by molar-refractivity contribution is 6.31. The van der Waals surface area contributed by atoms with E-state index in [9.17, 15) is 4.39 Å².